The average Bonchev–Trinajstić information content (AvgIpc) is 2.98. The van der Waals surface area contributed by atoms with Crippen LogP contribution in [0.5, 0.6) is 5.75 Å². The Kier molecular flexibility index (Phi) is 6.05. The second kappa shape index (κ2) is 7.61. The maximum Gasteiger partial charge on any atom is 0.247 e. The number of ether oxygens (including phenoxy) is 2. The van der Waals surface area contributed by atoms with Crippen LogP contribution in [-0.4, -0.2) is 52.2 Å². The number of nitrogens with zero attached hydrogens (tertiary/aromatic N) is 1. The molecule has 124 valence electrons. The molecule has 1 aromatic carbocycles. The van der Waals surface area contributed by atoms with Gasteiger partial charge in [0.15, 0.2) is 0 Å². The Balaban J connectivity index is 2.34. The number of hydrogen-bond donors (Lipinski definition) is 1. The third-order valence-corrected chi connectivity index (χ3v) is 5.84. The second-order valence-corrected chi connectivity index (χ2v) is 7.38. The number of methoxy groups -OCH3 is 1. The Labute approximate surface area is 136 Å². The molecule has 6 nitrogen and oxygen atoms in total. The molecule has 1 fully saturated rings. The summed E-state index contributed by atoms with van der Waals surface area (Å²) in [5.74, 6) is 0.282. The van der Waals surface area contributed by atoms with Gasteiger partial charge in [-0.1, -0.05) is 11.6 Å². The second-order valence-electron chi connectivity index (χ2n) is 5.08. The van der Waals surface area contributed by atoms with E-state index in [1.165, 1.54) is 10.4 Å². The highest BCUT2D eigenvalue weighted by Crippen LogP contribution is 2.33. The van der Waals surface area contributed by atoms with Crippen LogP contribution < -0.4 is 10.5 Å². The van der Waals surface area contributed by atoms with Crippen LogP contribution in [0.25, 0.3) is 0 Å². The maximum absolute atomic E-state index is 12.9. The van der Waals surface area contributed by atoms with Crippen molar-refractivity contribution >= 4 is 21.6 Å². The molecule has 1 atom stereocenters. The van der Waals surface area contributed by atoms with Crippen molar-refractivity contribution in [3.05, 3.63) is 23.2 Å². The smallest absolute Gasteiger partial charge is 0.247 e. The van der Waals surface area contributed by atoms with E-state index in [4.69, 9.17) is 26.8 Å². The molecule has 0 spiro atoms. The van der Waals surface area contributed by atoms with Gasteiger partial charge in [0.05, 0.1) is 6.61 Å². The van der Waals surface area contributed by atoms with Crippen molar-refractivity contribution in [3.63, 3.8) is 0 Å². The molecule has 0 aliphatic carbocycles. The molecule has 2 rings (SSSR count). The van der Waals surface area contributed by atoms with Gasteiger partial charge in [0, 0.05) is 31.3 Å². The van der Waals surface area contributed by atoms with Gasteiger partial charge in [-0.25, -0.2) is 8.42 Å². The minimum atomic E-state index is -3.69. The van der Waals surface area contributed by atoms with Gasteiger partial charge in [0.1, 0.15) is 17.3 Å². The lowest BCUT2D eigenvalue weighted by molar-refractivity contribution is 0.144. The van der Waals surface area contributed by atoms with E-state index in [1.54, 1.807) is 19.2 Å². The Bertz CT molecular complexity index is 609. The fourth-order valence-electron chi connectivity index (χ4n) is 2.53. The van der Waals surface area contributed by atoms with E-state index < -0.39 is 10.0 Å². The number of nitrogens with two attached hydrogens (primary N) is 1. The van der Waals surface area contributed by atoms with Gasteiger partial charge in [0.2, 0.25) is 10.0 Å². The minimum absolute atomic E-state index is 0.0800. The normalized spacial score (nSPS) is 19.5. The molecule has 0 aromatic heterocycles. The first-order valence-electron chi connectivity index (χ1n) is 7.14. The predicted molar refractivity (Wildman–Crippen MR) is 84.8 cm³/mol. The predicted octanol–water partition coefficient (Wildman–Crippen LogP) is 1.48. The van der Waals surface area contributed by atoms with Gasteiger partial charge in [-0.05, 0) is 31.0 Å². The Morgan fingerprint density at radius 3 is 2.86 bits per heavy atom. The zero-order valence-corrected chi connectivity index (χ0v) is 14.1. The molecule has 0 saturated carbocycles. The molecule has 0 bridgehead atoms. The van der Waals surface area contributed by atoms with E-state index in [0.717, 1.165) is 12.8 Å². The molecule has 1 aromatic rings. The van der Waals surface area contributed by atoms with Gasteiger partial charge in [0.25, 0.3) is 0 Å². The average molecular weight is 349 g/mol. The van der Waals surface area contributed by atoms with E-state index in [0.29, 0.717) is 24.7 Å². The first kappa shape index (κ1) is 17.5. The molecule has 0 amide bonds. The molecular weight excluding hydrogens is 328 g/mol. The van der Waals surface area contributed by atoms with Gasteiger partial charge in [-0.3, -0.25) is 0 Å². The van der Waals surface area contributed by atoms with Crippen molar-refractivity contribution < 1.29 is 17.9 Å². The summed E-state index contributed by atoms with van der Waals surface area (Å²) in [6, 6.07) is 4.42. The lowest BCUT2D eigenvalue weighted by Crippen LogP contribution is -2.40. The van der Waals surface area contributed by atoms with Gasteiger partial charge < -0.3 is 15.2 Å². The van der Waals surface area contributed by atoms with Crippen LogP contribution in [0.4, 0.5) is 0 Å². The van der Waals surface area contributed by atoms with Crippen molar-refractivity contribution in [2.45, 2.75) is 23.8 Å². The molecule has 2 N–H and O–H groups in total. The minimum Gasteiger partial charge on any atom is -0.490 e. The number of sulfonamides is 1. The number of hydrogen-bond acceptors (Lipinski definition) is 5. The summed E-state index contributed by atoms with van der Waals surface area (Å²) >= 11 is 5.97. The third-order valence-electron chi connectivity index (χ3n) is 3.63. The summed E-state index contributed by atoms with van der Waals surface area (Å²) in [5.41, 5.74) is 5.69. The van der Waals surface area contributed by atoms with E-state index >= 15 is 0 Å². The summed E-state index contributed by atoms with van der Waals surface area (Å²) < 4.78 is 37.7. The number of halogens is 1. The van der Waals surface area contributed by atoms with Gasteiger partial charge in [-0.15, -0.1) is 0 Å². The van der Waals surface area contributed by atoms with E-state index in [-0.39, 0.29) is 23.3 Å². The fourth-order valence-corrected chi connectivity index (χ4v) is 4.63. The Morgan fingerprint density at radius 2 is 2.18 bits per heavy atom. The zero-order valence-electron chi connectivity index (χ0n) is 12.5. The molecule has 1 unspecified atom stereocenters. The SMILES string of the molecule is COCCOc1ccc(Cl)cc1S(=O)(=O)N1CCCC1CN. The van der Waals surface area contributed by atoms with E-state index in [1.807, 2.05) is 0 Å². The molecule has 1 aliphatic rings. The van der Waals surface area contributed by atoms with E-state index in [2.05, 4.69) is 0 Å². The largest absolute Gasteiger partial charge is 0.490 e. The summed E-state index contributed by atoms with van der Waals surface area (Å²) in [4.78, 5) is 0.0800. The molecule has 8 heteroatoms. The maximum atomic E-state index is 12.9. The van der Waals surface area contributed by atoms with Crippen LogP contribution in [0.15, 0.2) is 23.1 Å². The highest BCUT2D eigenvalue weighted by molar-refractivity contribution is 7.89. The summed E-state index contributed by atoms with van der Waals surface area (Å²) in [6.45, 7) is 1.41. The van der Waals surface area contributed by atoms with Crippen LogP contribution in [-0.2, 0) is 14.8 Å². The van der Waals surface area contributed by atoms with Crippen molar-refractivity contribution in [2.24, 2.45) is 5.73 Å². The topological polar surface area (TPSA) is 81.9 Å². The van der Waals surface area contributed by atoms with Crippen LogP contribution in [0.3, 0.4) is 0 Å². The fraction of sp³-hybridized carbons (Fsp3) is 0.571. The Morgan fingerprint density at radius 1 is 1.41 bits per heavy atom. The molecular formula is C14H21ClN2O4S. The first-order chi connectivity index (χ1) is 10.5. The molecule has 0 radical (unpaired) electrons. The standard InChI is InChI=1S/C14H21ClN2O4S/c1-20-7-8-21-13-5-4-11(15)9-14(13)22(18,19)17-6-2-3-12(17)10-16/h4-5,9,12H,2-3,6-8,10,16H2,1H3. The lowest BCUT2D eigenvalue weighted by Gasteiger charge is -2.24. The highest BCUT2D eigenvalue weighted by Gasteiger charge is 2.36. The Hall–Kier alpha value is -0.860. The van der Waals surface area contributed by atoms with Gasteiger partial charge >= 0.3 is 0 Å². The highest BCUT2D eigenvalue weighted by atomic mass is 35.5. The van der Waals surface area contributed by atoms with Crippen molar-refractivity contribution in [2.75, 3.05) is 33.4 Å². The van der Waals surface area contributed by atoms with Crippen LogP contribution in [0.2, 0.25) is 5.02 Å². The van der Waals surface area contributed by atoms with Crippen LogP contribution >= 0.6 is 11.6 Å². The van der Waals surface area contributed by atoms with Crippen LogP contribution in [0, 0.1) is 0 Å². The lowest BCUT2D eigenvalue weighted by atomic mass is 10.2. The van der Waals surface area contributed by atoms with Crippen molar-refractivity contribution in [1.29, 1.82) is 0 Å². The summed E-state index contributed by atoms with van der Waals surface area (Å²) in [7, 11) is -2.13. The number of rotatable bonds is 7. The quantitative estimate of drug-likeness (QED) is 0.755. The van der Waals surface area contributed by atoms with E-state index in [9.17, 15) is 8.42 Å². The number of benzene rings is 1. The van der Waals surface area contributed by atoms with Crippen LogP contribution in [0.1, 0.15) is 12.8 Å². The molecule has 1 saturated heterocycles. The molecule has 22 heavy (non-hydrogen) atoms. The first-order valence-corrected chi connectivity index (χ1v) is 8.95. The summed E-state index contributed by atoms with van der Waals surface area (Å²) in [5, 5.41) is 0.348. The zero-order chi connectivity index (χ0) is 16.2. The van der Waals surface area contributed by atoms with Gasteiger partial charge in [-0.2, -0.15) is 4.31 Å². The molecule has 1 aliphatic heterocycles. The summed E-state index contributed by atoms with van der Waals surface area (Å²) in [6.07, 6.45) is 1.58. The van der Waals surface area contributed by atoms with Crippen molar-refractivity contribution in [1.82, 2.24) is 4.31 Å². The monoisotopic (exact) mass is 348 g/mol. The molecule has 1 heterocycles. The third kappa shape index (κ3) is 3.72. The van der Waals surface area contributed by atoms with Crippen molar-refractivity contribution in [3.8, 4) is 5.75 Å².